The van der Waals surface area contributed by atoms with Gasteiger partial charge in [0.2, 0.25) is 12.2 Å². The summed E-state index contributed by atoms with van der Waals surface area (Å²) in [5, 5.41) is 10.2. The van der Waals surface area contributed by atoms with Crippen molar-refractivity contribution >= 4 is 22.7 Å². The quantitative estimate of drug-likeness (QED) is 0.404. The number of ether oxygens (including phenoxy) is 4. The molecule has 9 heteroatoms. The maximum atomic E-state index is 13.4. The van der Waals surface area contributed by atoms with Gasteiger partial charge in [0.05, 0.1) is 25.3 Å². The van der Waals surface area contributed by atoms with Gasteiger partial charge in [-0.15, -0.1) is 0 Å². The molecule has 202 valence electrons. The number of hydrogen-bond donors (Lipinski definition) is 1. The van der Waals surface area contributed by atoms with E-state index < -0.39 is 12.6 Å². The summed E-state index contributed by atoms with van der Waals surface area (Å²) >= 11 is 0. The normalized spacial score (nSPS) is 17.4. The van der Waals surface area contributed by atoms with Crippen LogP contribution in [-0.4, -0.2) is 66.8 Å². The number of rotatable bonds is 10. The zero-order chi connectivity index (χ0) is 27.2. The Bertz CT molecular complexity index is 1290. The van der Waals surface area contributed by atoms with Crippen LogP contribution in [0, 0.1) is 0 Å². The Morgan fingerprint density at radius 1 is 1.11 bits per heavy atom. The Labute approximate surface area is 222 Å². The minimum atomic E-state index is -0.699. The van der Waals surface area contributed by atoms with E-state index in [1.54, 1.807) is 17.7 Å². The van der Waals surface area contributed by atoms with Crippen LogP contribution in [0.4, 0.5) is 0 Å². The Balaban J connectivity index is 1.63. The average molecular weight is 523 g/mol. The van der Waals surface area contributed by atoms with Crippen LogP contribution >= 0.6 is 0 Å². The van der Waals surface area contributed by atoms with E-state index in [0.717, 1.165) is 27.6 Å². The van der Waals surface area contributed by atoms with Gasteiger partial charge in [0.15, 0.2) is 12.0 Å². The summed E-state index contributed by atoms with van der Waals surface area (Å²) in [6.45, 7) is 1.98. The van der Waals surface area contributed by atoms with Gasteiger partial charge in [-0.3, -0.25) is 14.2 Å². The van der Waals surface area contributed by atoms with E-state index in [1.165, 1.54) is 26.0 Å². The van der Waals surface area contributed by atoms with Gasteiger partial charge < -0.3 is 29.0 Å². The molecule has 2 heterocycles. The molecule has 1 N–H and O–H groups in total. The number of carbonyl (C=O) groups excluding carboxylic acids is 2. The van der Waals surface area contributed by atoms with Gasteiger partial charge in [-0.1, -0.05) is 42.5 Å². The number of allylic oxidation sites excluding steroid dienone is 1. The van der Waals surface area contributed by atoms with Gasteiger partial charge in [0, 0.05) is 52.1 Å². The van der Waals surface area contributed by atoms with Crippen LogP contribution in [0.25, 0.3) is 10.9 Å². The highest BCUT2D eigenvalue weighted by atomic mass is 16.7. The van der Waals surface area contributed by atoms with E-state index >= 15 is 0 Å². The first kappa shape index (κ1) is 27.5. The summed E-state index contributed by atoms with van der Waals surface area (Å²) in [5.74, 6) is -0.493. The van der Waals surface area contributed by atoms with E-state index in [1.807, 2.05) is 54.7 Å². The lowest BCUT2D eigenvalue weighted by atomic mass is 9.92. The average Bonchev–Trinajstić information content (AvgIpc) is 3.34. The topological polar surface area (TPSA) is 99.5 Å². The summed E-state index contributed by atoms with van der Waals surface area (Å²) in [6.07, 6.45) is 2.82. The first-order valence-electron chi connectivity index (χ1n) is 12.4. The van der Waals surface area contributed by atoms with Crippen LogP contribution in [-0.2, 0) is 37.0 Å². The molecule has 0 unspecified atom stereocenters. The van der Waals surface area contributed by atoms with Crippen molar-refractivity contribution in [1.29, 1.82) is 0 Å². The number of likely N-dealkylation sites (N-methyl/N-ethyl adjacent to an activating group) is 1. The third kappa shape index (κ3) is 6.14. The van der Waals surface area contributed by atoms with Crippen molar-refractivity contribution in [3.8, 4) is 0 Å². The molecule has 1 aromatic heterocycles. The predicted octanol–water partition coefficient (Wildman–Crippen LogP) is 3.80. The first-order chi connectivity index (χ1) is 18.3. The fourth-order valence-corrected chi connectivity index (χ4v) is 4.56. The van der Waals surface area contributed by atoms with Crippen LogP contribution in [0.2, 0.25) is 0 Å². The minimum absolute atomic E-state index is 0.0286. The van der Waals surface area contributed by atoms with Gasteiger partial charge in [0.1, 0.15) is 0 Å². The number of fused-ring (bicyclic) bond motifs is 1. The zero-order valence-electron chi connectivity index (χ0n) is 22.1. The number of aliphatic hydroxyl groups excluding tert-OH is 1. The molecule has 3 aromatic rings. The summed E-state index contributed by atoms with van der Waals surface area (Å²) in [5.41, 5.74) is 3.45. The zero-order valence-corrected chi connectivity index (χ0v) is 22.1. The summed E-state index contributed by atoms with van der Waals surface area (Å²) < 4.78 is 24.3. The molecule has 9 nitrogen and oxygen atoms in total. The number of hydrogen-bond acceptors (Lipinski definition) is 7. The monoisotopic (exact) mass is 522 g/mol. The smallest absolute Gasteiger partial charge is 0.288 e. The largest absolute Gasteiger partial charge is 0.459 e. The highest BCUT2D eigenvalue weighted by Crippen LogP contribution is 2.37. The lowest BCUT2D eigenvalue weighted by molar-refractivity contribution is -0.160. The Kier molecular flexibility index (Phi) is 8.96. The molecule has 1 amide bonds. The van der Waals surface area contributed by atoms with Gasteiger partial charge in [0.25, 0.3) is 5.91 Å². The van der Waals surface area contributed by atoms with Gasteiger partial charge in [-0.25, -0.2) is 0 Å². The standard InChI is InChI=1S/C29H34N2O7/c1-19(33)31-15-24(23-7-5-6-8-25(23)31)22-13-26(29(34)30(2)16-28(35-3)36-4)38-27(14-22)37-18-21-11-9-20(17-32)10-12-21/h5-13,15,22,27-28,32H,14,16-18H2,1-4H3/t22-,27+/m0/s1. The highest BCUT2D eigenvalue weighted by Gasteiger charge is 2.32. The molecule has 38 heavy (non-hydrogen) atoms. The van der Waals surface area contributed by atoms with E-state index in [9.17, 15) is 14.7 Å². The second-order valence-corrected chi connectivity index (χ2v) is 9.28. The molecule has 0 bridgehead atoms. The number of aromatic nitrogens is 1. The van der Waals surface area contributed by atoms with Gasteiger partial charge >= 0.3 is 0 Å². The van der Waals surface area contributed by atoms with Crippen LogP contribution in [0.3, 0.4) is 0 Å². The van der Waals surface area contributed by atoms with Gasteiger partial charge in [-0.05, 0) is 28.8 Å². The van der Waals surface area contributed by atoms with Gasteiger partial charge in [-0.2, -0.15) is 0 Å². The number of aliphatic hydroxyl groups is 1. The lowest BCUT2D eigenvalue weighted by Gasteiger charge is -2.31. The molecule has 1 aliphatic rings. The first-order valence-corrected chi connectivity index (χ1v) is 12.4. The van der Waals surface area contributed by atoms with Crippen molar-refractivity contribution in [3.63, 3.8) is 0 Å². The molecule has 0 aliphatic carbocycles. The number of methoxy groups -OCH3 is 2. The van der Waals surface area contributed by atoms with Crippen LogP contribution in [0.5, 0.6) is 0 Å². The molecular weight excluding hydrogens is 488 g/mol. The number of amides is 1. The van der Waals surface area contributed by atoms with Crippen LogP contribution in [0.1, 0.15) is 40.7 Å². The van der Waals surface area contributed by atoms with Crippen molar-refractivity contribution < 1.29 is 33.6 Å². The Morgan fingerprint density at radius 3 is 2.45 bits per heavy atom. The third-order valence-corrected chi connectivity index (χ3v) is 6.69. The SMILES string of the molecule is COC(CN(C)C(=O)C1=C[C@H](c2cn(C(C)=O)c3ccccc23)C[C@H](OCc2ccc(CO)cc2)O1)OC. The second-order valence-electron chi connectivity index (χ2n) is 9.28. The van der Waals surface area contributed by atoms with Crippen LogP contribution in [0.15, 0.2) is 66.6 Å². The molecule has 0 saturated carbocycles. The highest BCUT2D eigenvalue weighted by molar-refractivity contribution is 5.95. The van der Waals surface area contributed by atoms with E-state index in [4.69, 9.17) is 18.9 Å². The predicted molar refractivity (Wildman–Crippen MR) is 141 cm³/mol. The van der Waals surface area contributed by atoms with E-state index in [0.29, 0.717) is 6.42 Å². The Hall–Kier alpha value is -3.50. The molecule has 0 fully saturated rings. The molecule has 0 saturated heterocycles. The van der Waals surface area contributed by atoms with Crippen molar-refractivity contribution in [2.24, 2.45) is 0 Å². The summed E-state index contributed by atoms with van der Waals surface area (Å²) in [6, 6.07) is 15.2. The molecule has 2 aromatic carbocycles. The molecule has 0 radical (unpaired) electrons. The Morgan fingerprint density at radius 2 is 1.79 bits per heavy atom. The molecule has 0 spiro atoms. The molecule has 4 rings (SSSR count). The van der Waals surface area contributed by atoms with Crippen molar-refractivity contribution in [2.45, 2.75) is 45.1 Å². The fraction of sp³-hybridized carbons (Fsp3) is 0.379. The molecule has 1 aliphatic heterocycles. The lowest BCUT2D eigenvalue weighted by Crippen LogP contribution is -2.39. The fourth-order valence-electron chi connectivity index (χ4n) is 4.56. The van der Waals surface area contributed by atoms with E-state index in [2.05, 4.69) is 0 Å². The van der Waals surface area contributed by atoms with Crippen LogP contribution < -0.4 is 0 Å². The number of carbonyl (C=O) groups is 2. The third-order valence-electron chi connectivity index (χ3n) is 6.69. The van der Waals surface area contributed by atoms with Crippen molar-refractivity contribution in [1.82, 2.24) is 9.47 Å². The second kappa shape index (κ2) is 12.4. The van der Waals surface area contributed by atoms with Crippen molar-refractivity contribution in [3.05, 3.63) is 83.3 Å². The number of nitrogens with zero attached hydrogens (tertiary/aromatic N) is 2. The number of benzene rings is 2. The van der Waals surface area contributed by atoms with Crippen molar-refractivity contribution in [2.75, 3.05) is 27.8 Å². The summed E-state index contributed by atoms with van der Waals surface area (Å²) in [4.78, 5) is 27.2. The van der Waals surface area contributed by atoms with E-state index in [-0.39, 0.29) is 43.2 Å². The number of para-hydroxylation sites is 1. The summed E-state index contributed by atoms with van der Waals surface area (Å²) in [7, 11) is 4.68. The minimum Gasteiger partial charge on any atom is -0.459 e. The molecular formula is C29H34N2O7. The maximum absolute atomic E-state index is 13.4. The maximum Gasteiger partial charge on any atom is 0.288 e. The molecule has 2 atom stereocenters.